The second kappa shape index (κ2) is 10.5. The molecule has 0 bridgehead atoms. The summed E-state index contributed by atoms with van der Waals surface area (Å²) in [5.74, 6) is 2.15. The Morgan fingerprint density at radius 1 is 1.20 bits per heavy atom. The van der Waals surface area contributed by atoms with Gasteiger partial charge < -0.3 is 19.9 Å². The number of rotatable bonds is 9. The minimum Gasteiger partial charge on any atom is -0.380 e. The molecule has 6 nitrogen and oxygen atoms in total. The molecule has 0 unspecified atom stereocenters. The lowest BCUT2D eigenvalue weighted by Crippen LogP contribution is -2.38. The Morgan fingerprint density at radius 3 is 2.72 bits per heavy atom. The van der Waals surface area contributed by atoms with Crippen LogP contribution in [0.25, 0.3) is 11.3 Å². The van der Waals surface area contributed by atoms with Gasteiger partial charge in [0.2, 0.25) is 0 Å². The molecule has 0 radical (unpaired) electrons. The number of hydrogen-bond acceptors (Lipinski definition) is 4. The lowest BCUT2D eigenvalue weighted by Gasteiger charge is -2.11. The Labute approximate surface area is 149 Å². The number of nitrogens with one attached hydrogen (secondary N) is 2. The van der Waals surface area contributed by atoms with Gasteiger partial charge in [-0.15, -0.1) is 0 Å². The SMILES string of the molecule is CN=C(NCCOCCC(C)C)NCc1cc(-c2ccccc2)on1. The van der Waals surface area contributed by atoms with E-state index in [0.29, 0.717) is 25.6 Å². The number of guanidine groups is 1. The summed E-state index contributed by atoms with van der Waals surface area (Å²) in [6, 6.07) is 11.9. The van der Waals surface area contributed by atoms with Crippen LogP contribution in [0.4, 0.5) is 0 Å². The third-order valence-corrected chi connectivity index (χ3v) is 3.66. The highest BCUT2D eigenvalue weighted by Gasteiger charge is 2.07. The van der Waals surface area contributed by atoms with E-state index in [-0.39, 0.29) is 0 Å². The van der Waals surface area contributed by atoms with Crippen molar-refractivity contribution in [3.8, 4) is 11.3 Å². The van der Waals surface area contributed by atoms with Crippen LogP contribution in [-0.2, 0) is 11.3 Å². The highest BCUT2D eigenvalue weighted by molar-refractivity contribution is 5.79. The molecule has 0 fully saturated rings. The van der Waals surface area contributed by atoms with Gasteiger partial charge in [0.25, 0.3) is 0 Å². The topological polar surface area (TPSA) is 71.7 Å². The Balaban J connectivity index is 1.70. The number of ether oxygens (including phenoxy) is 1. The van der Waals surface area contributed by atoms with Gasteiger partial charge in [0.15, 0.2) is 11.7 Å². The molecule has 1 aromatic carbocycles. The summed E-state index contributed by atoms with van der Waals surface area (Å²) in [6.07, 6.45) is 1.09. The minimum atomic E-state index is 0.546. The first-order valence-corrected chi connectivity index (χ1v) is 8.72. The average Bonchev–Trinajstić information content (AvgIpc) is 3.10. The second-order valence-corrected chi connectivity index (χ2v) is 6.20. The summed E-state index contributed by atoms with van der Waals surface area (Å²) in [6.45, 7) is 7.11. The zero-order valence-corrected chi connectivity index (χ0v) is 15.3. The van der Waals surface area contributed by atoms with Crippen molar-refractivity contribution < 1.29 is 9.26 Å². The van der Waals surface area contributed by atoms with Crippen LogP contribution in [0.2, 0.25) is 0 Å². The van der Waals surface area contributed by atoms with Crippen molar-refractivity contribution in [1.82, 2.24) is 15.8 Å². The van der Waals surface area contributed by atoms with Crippen molar-refractivity contribution in [2.45, 2.75) is 26.8 Å². The normalized spacial score (nSPS) is 11.8. The molecule has 6 heteroatoms. The van der Waals surface area contributed by atoms with Crippen LogP contribution in [0.5, 0.6) is 0 Å². The maximum Gasteiger partial charge on any atom is 0.191 e. The van der Waals surface area contributed by atoms with E-state index in [1.165, 1.54) is 0 Å². The minimum absolute atomic E-state index is 0.546. The predicted octanol–water partition coefficient (Wildman–Crippen LogP) is 3.07. The van der Waals surface area contributed by atoms with Crippen molar-refractivity contribution in [1.29, 1.82) is 0 Å². The molecule has 25 heavy (non-hydrogen) atoms. The van der Waals surface area contributed by atoms with Crippen molar-refractivity contribution in [2.75, 3.05) is 26.8 Å². The zero-order chi connectivity index (χ0) is 17.9. The molecule has 0 aliphatic rings. The standard InChI is InChI=1S/C19H28N4O2/c1-15(2)9-11-24-12-10-21-19(20-3)22-14-17-13-18(25-23-17)16-7-5-4-6-8-16/h4-8,13,15H,9-12,14H2,1-3H3,(H2,20,21,22). The fourth-order valence-corrected chi connectivity index (χ4v) is 2.19. The molecule has 2 aromatic rings. The van der Waals surface area contributed by atoms with Crippen LogP contribution in [0, 0.1) is 5.92 Å². The van der Waals surface area contributed by atoms with Gasteiger partial charge in [0.05, 0.1) is 13.2 Å². The predicted molar refractivity (Wildman–Crippen MR) is 100 cm³/mol. The Bertz CT molecular complexity index is 638. The Hall–Kier alpha value is -2.34. The third kappa shape index (κ3) is 6.97. The lowest BCUT2D eigenvalue weighted by atomic mass is 10.1. The first-order valence-electron chi connectivity index (χ1n) is 8.72. The zero-order valence-electron chi connectivity index (χ0n) is 15.3. The van der Waals surface area contributed by atoms with E-state index in [1.54, 1.807) is 7.05 Å². The van der Waals surface area contributed by atoms with E-state index in [0.717, 1.165) is 36.0 Å². The van der Waals surface area contributed by atoms with Crippen LogP contribution >= 0.6 is 0 Å². The van der Waals surface area contributed by atoms with Crippen LogP contribution in [-0.4, -0.2) is 37.9 Å². The molecule has 1 heterocycles. The highest BCUT2D eigenvalue weighted by atomic mass is 16.5. The van der Waals surface area contributed by atoms with Gasteiger partial charge in [-0.2, -0.15) is 0 Å². The largest absolute Gasteiger partial charge is 0.380 e. The first kappa shape index (κ1) is 19.0. The monoisotopic (exact) mass is 344 g/mol. The molecule has 0 saturated carbocycles. The summed E-state index contributed by atoms with van der Waals surface area (Å²) in [5.41, 5.74) is 1.84. The molecule has 0 aliphatic carbocycles. The molecule has 136 valence electrons. The molecule has 0 saturated heterocycles. The van der Waals surface area contributed by atoms with Gasteiger partial charge in [0, 0.05) is 31.8 Å². The smallest absolute Gasteiger partial charge is 0.191 e. The Kier molecular flexibility index (Phi) is 7.98. The van der Waals surface area contributed by atoms with Gasteiger partial charge in [0.1, 0.15) is 5.69 Å². The number of aromatic nitrogens is 1. The summed E-state index contributed by atoms with van der Waals surface area (Å²) in [5, 5.41) is 10.5. The molecule has 0 aliphatic heterocycles. The number of benzene rings is 1. The Morgan fingerprint density at radius 2 is 2.00 bits per heavy atom. The van der Waals surface area contributed by atoms with Crippen molar-refractivity contribution >= 4 is 5.96 Å². The molecule has 0 amide bonds. The molecule has 1 aromatic heterocycles. The fourth-order valence-electron chi connectivity index (χ4n) is 2.19. The molecule has 0 spiro atoms. The van der Waals surface area contributed by atoms with Crippen molar-refractivity contribution in [3.63, 3.8) is 0 Å². The highest BCUT2D eigenvalue weighted by Crippen LogP contribution is 2.19. The number of aliphatic imine (C=N–C) groups is 1. The third-order valence-electron chi connectivity index (χ3n) is 3.66. The number of hydrogen-bond donors (Lipinski definition) is 2. The number of nitrogens with zero attached hydrogens (tertiary/aromatic N) is 2. The van der Waals surface area contributed by atoms with Gasteiger partial charge in [-0.05, 0) is 12.3 Å². The molecule has 2 N–H and O–H groups in total. The van der Waals surface area contributed by atoms with Crippen molar-refractivity contribution in [2.24, 2.45) is 10.9 Å². The van der Waals surface area contributed by atoms with E-state index in [9.17, 15) is 0 Å². The summed E-state index contributed by atoms with van der Waals surface area (Å²) in [7, 11) is 1.74. The van der Waals surface area contributed by atoms with E-state index in [2.05, 4.69) is 34.6 Å². The van der Waals surface area contributed by atoms with E-state index in [1.807, 2.05) is 36.4 Å². The molecule has 0 atom stereocenters. The summed E-state index contributed by atoms with van der Waals surface area (Å²) in [4.78, 5) is 4.19. The van der Waals surface area contributed by atoms with E-state index in [4.69, 9.17) is 9.26 Å². The van der Waals surface area contributed by atoms with E-state index < -0.39 is 0 Å². The molecule has 2 rings (SSSR count). The fraction of sp³-hybridized carbons (Fsp3) is 0.474. The first-order chi connectivity index (χ1) is 12.2. The van der Waals surface area contributed by atoms with Gasteiger partial charge in [-0.1, -0.05) is 49.3 Å². The van der Waals surface area contributed by atoms with Crippen LogP contribution in [0.1, 0.15) is 26.0 Å². The van der Waals surface area contributed by atoms with Gasteiger partial charge >= 0.3 is 0 Å². The van der Waals surface area contributed by atoms with E-state index >= 15 is 0 Å². The average molecular weight is 344 g/mol. The summed E-state index contributed by atoms with van der Waals surface area (Å²) < 4.78 is 11.0. The second-order valence-electron chi connectivity index (χ2n) is 6.20. The molecular formula is C19H28N4O2. The van der Waals surface area contributed by atoms with Crippen LogP contribution in [0.15, 0.2) is 45.9 Å². The van der Waals surface area contributed by atoms with Crippen LogP contribution in [0.3, 0.4) is 0 Å². The van der Waals surface area contributed by atoms with Crippen LogP contribution < -0.4 is 10.6 Å². The quantitative estimate of drug-likeness (QED) is 0.415. The summed E-state index contributed by atoms with van der Waals surface area (Å²) >= 11 is 0. The maximum atomic E-state index is 5.58. The van der Waals surface area contributed by atoms with Crippen molar-refractivity contribution in [3.05, 3.63) is 42.1 Å². The van der Waals surface area contributed by atoms with Gasteiger partial charge in [-0.25, -0.2) is 0 Å². The molecular weight excluding hydrogens is 316 g/mol. The lowest BCUT2D eigenvalue weighted by molar-refractivity contribution is 0.128. The maximum absolute atomic E-state index is 5.58. The van der Waals surface area contributed by atoms with Gasteiger partial charge in [-0.3, -0.25) is 4.99 Å².